The molecular weight excluding hydrogens is 592 g/mol. The van der Waals surface area contributed by atoms with Crippen molar-refractivity contribution in [1.82, 2.24) is 30.9 Å². The number of nitrogens with zero attached hydrogens (tertiary/aromatic N) is 2. The summed E-state index contributed by atoms with van der Waals surface area (Å²) in [7, 11) is 0. The largest absolute Gasteiger partial charge is 0.391 e. The Morgan fingerprint density at radius 1 is 0.936 bits per heavy atom. The number of aliphatic hydroxyl groups excluding tert-OH is 1. The van der Waals surface area contributed by atoms with Gasteiger partial charge in [-0.05, 0) is 48.3 Å². The topological polar surface area (TPSA) is 149 Å². The molecule has 0 bridgehead atoms. The summed E-state index contributed by atoms with van der Waals surface area (Å²) in [6.45, 7) is 8.17. The number of rotatable bonds is 17. The second-order valence-corrected chi connectivity index (χ2v) is 13.1. The van der Waals surface area contributed by atoms with E-state index in [1.165, 1.54) is 18.9 Å². The van der Waals surface area contributed by atoms with Gasteiger partial charge in [0.25, 0.3) is 5.91 Å². The van der Waals surface area contributed by atoms with Crippen molar-refractivity contribution < 1.29 is 19.5 Å². The van der Waals surface area contributed by atoms with Gasteiger partial charge in [0.1, 0.15) is 17.8 Å². The summed E-state index contributed by atoms with van der Waals surface area (Å²) in [5.74, 6) is -0.617. The number of carbonyl (C=O) groups excluding carboxylic acids is 3. The molecule has 0 unspecified atom stereocenters. The van der Waals surface area contributed by atoms with Crippen molar-refractivity contribution >= 4 is 17.7 Å². The molecule has 4 rings (SSSR count). The number of aliphatic hydroxyl groups is 1. The van der Waals surface area contributed by atoms with E-state index in [2.05, 4.69) is 51.3 Å². The van der Waals surface area contributed by atoms with Crippen molar-refractivity contribution in [3.8, 4) is 0 Å². The average Bonchev–Trinajstić information content (AvgIpc) is 3.60. The number of hydrogen-bond donors (Lipinski definition) is 5. The zero-order chi connectivity index (χ0) is 33.6. The van der Waals surface area contributed by atoms with Crippen LogP contribution >= 0.6 is 0 Å². The van der Waals surface area contributed by atoms with Gasteiger partial charge in [-0.15, -0.1) is 6.58 Å². The minimum atomic E-state index is -1.00. The number of pyridine rings is 1. The lowest BCUT2D eigenvalue weighted by Crippen LogP contribution is -2.57. The summed E-state index contributed by atoms with van der Waals surface area (Å²) < 4.78 is 0. The molecule has 2 heterocycles. The van der Waals surface area contributed by atoms with E-state index >= 15 is 0 Å². The lowest BCUT2D eigenvalue weighted by molar-refractivity contribution is -0.131. The molecule has 0 spiro atoms. The fourth-order valence-corrected chi connectivity index (χ4v) is 6.34. The minimum absolute atomic E-state index is 0.0942. The van der Waals surface area contributed by atoms with Gasteiger partial charge in [-0.1, -0.05) is 88.4 Å². The smallest absolute Gasteiger partial charge is 0.270 e. The lowest BCUT2D eigenvalue weighted by atomic mass is 9.81. The van der Waals surface area contributed by atoms with E-state index in [9.17, 15) is 19.5 Å². The molecule has 1 aromatic carbocycles. The van der Waals surface area contributed by atoms with Gasteiger partial charge in [-0.2, -0.15) is 0 Å². The zero-order valence-corrected chi connectivity index (χ0v) is 27.6. The Morgan fingerprint density at radius 3 is 2.28 bits per heavy atom. The number of imidazole rings is 1. The molecule has 1 saturated carbocycles. The van der Waals surface area contributed by atoms with Gasteiger partial charge in [0.05, 0.1) is 24.2 Å². The van der Waals surface area contributed by atoms with E-state index in [4.69, 9.17) is 0 Å². The SMILES string of the molecule is C=C[C@H](C[C@H](O)[C@H](CC1CCCCC1)NC(=O)[C@H](Cc1c[nH]cn1)NC(=O)[C@H](Cc1ccccc1)NC(=O)c1ccccn1)C(C)C. The molecule has 1 aliphatic rings. The highest BCUT2D eigenvalue weighted by Crippen LogP contribution is 2.30. The third kappa shape index (κ3) is 11.2. The van der Waals surface area contributed by atoms with Crippen LogP contribution in [-0.2, 0) is 22.4 Å². The molecule has 10 heteroatoms. The average molecular weight is 643 g/mol. The van der Waals surface area contributed by atoms with Gasteiger partial charge < -0.3 is 26.0 Å². The number of amides is 3. The summed E-state index contributed by atoms with van der Waals surface area (Å²) in [6, 6.07) is 11.9. The summed E-state index contributed by atoms with van der Waals surface area (Å²) in [4.78, 5) is 52.5. The van der Waals surface area contributed by atoms with Gasteiger partial charge >= 0.3 is 0 Å². The third-order valence-electron chi connectivity index (χ3n) is 9.18. The lowest BCUT2D eigenvalue weighted by Gasteiger charge is -2.33. The summed E-state index contributed by atoms with van der Waals surface area (Å²) >= 11 is 0. The first-order valence-electron chi connectivity index (χ1n) is 16.9. The van der Waals surface area contributed by atoms with E-state index in [1.54, 1.807) is 24.4 Å². The van der Waals surface area contributed by atoms with Crippen molar-refractivity contribution in [1.29, 1.82) is 0 Å². The quantitative estimate of drug-likeness (QED) is 0.137. The maximum Gasteiger partial charge on any atom is 0.270 e. The molecule has 3 aromatic rings. The van der Waals surface area contributed by atoms with Gasteiger partial charge in [-0.25, -0.2) is 4.98 Å². The third-order valence-corrected chi connectivity index (χ3v) is 9.18. The van der Waals surface area contributed by atoms with Crippen molar-refractivity contribution in [2.75, 3.05) is 0 Å². The van der Waals surface area contributed by atoms with E-state index < -0.39 is 42.0 Å². The molecule has 252 valence electrons. The normalized spacial score (nSPS) is 16.8. The first kappa shape index (κ1) is 35.5. The predicted octanol–water partition coefficient (Wildman–Crippen LogP) is 4.54. The fourth-order valence-electron chi connectivity index (χ4n) is 6.34. The Balaban J connectivity index is 1.55. The summed E-state index contributed by atoms with van der Waals surface area (Å²) in [6.07, 6.45) is 12.9. The molecule has 5 atom stereocenters. The van der Waals surface area contributed by atoms with Gasteiger partial charge in [0.2, 0.25) is 11.8 Å². The van der Waals surface area contributed by atoms with E-state index in [0.29, 0.717) is 30.4 Å². The van der Waals surface area contributed by atoms with Crippen molar-refractivity contribution in [2.24, 2.45) is 17.8 Å². The fraction of sp³-hybridized carbons (Fsp3) is 0.486. The van der Waals surface area contributed by atoms with Crippen LogP contribution in [0.1, 0.15) is 80.5 Å². The minimum Gasteiger partial charge on any atom is -0.391 e. The Kier molecular flexibility index (Phi) is 13.7. The van der Waals surface area contributed by atoms with Crippen molar-refractivity contribution in [3.05, 3.63) is 96.9 Å². The monoisotopic (exact) mass is 642 g/mol. The highest BCUT2D eigenvalue weighted by Gasteiger charge is 2.33. The van der Waals surface area contributed by atoms with Crippen LogP contribution in [0.5, 0.6) is 0 Å². The number of H-pyrrole nitrogens is 1. The molecule has 2 aromatic heterocycles. The molecule has 0 aliphatic heterocycles. The Morgan fingerprint density at radius 2 is 1.64 bits per heavy atom. The maximum atomic E-state index is 14.1. The standard InChI is InChI=1S/C37H50N6O4/c1-4-28(25(2)3)21-34(44)31(19-26-13-7-5-8-14-26)41-37(47)33(22-29-23-38-24-40-29)43-36(46)32(20-27-15-9-6-10-16-27)42-35(45)30-17-11-12-18-39-30/h4,6,9-12,15-18,23-26,28,31-34,44H,1,5,7-8,13-14,19-22H2,2-3H3,(H,38,40)(H,41,47)(H,42,45)(H,43,46)/t28-,31+,32+,33+,34+/m1/s1. The Hall–Kier alpha value is -4.31. The Labute approximate surface area is 278 Å². The van der Waals surface area contributed by atoms with Crippen LogP contribution in [0.2, 0.25) is 0 Å². The first-order chi connectivity index (χ1) is 22.7. The van der Waals surface area contributed by atoms with E-state index in [-0.39, 0.29) is 24.5 Å². The van der Waals surface area contributed by atoms with Crippen LogP contribution in [0.15, 0.2) is 79.9 Å². The van der Waals surface area contributed by atoms with Crippen LogP contribution in [0, 0.1) is 17.8 Å². The molecule has 1 aliphatic carbocycles. The van der Waals surface area contributed by atoms with E-state index in [0.717, 1.165) is 31.2 Å². The molecule has 1 fully saturated rings. The van der Waals surface area contributed by atoms with Crippen molar-refractivity contribution in [3.63, 3.8) is 0 Å². The van der Waals surface area contributed by atoms with Gasteiger partial charge in [-0.3, -0.25) is 19.4 Å². The molecule has 3 amide bonds. The summed E-state index contributed by atoms with van der Waals surface area (Å²) in [5, 5.41) is 20.4. The number of aromatic nitrogens is 3. The van der Waals surface area contributed by atoms with Crippen LogP contribution in [-0.4, -0.2) is 62.0 Å². The van der Waals surface area contributed by atoms with Crippen LogP contribution in [0.25, 0.3) is 0 Å². The van der Waals surface area contributed by atoms with Crippen molar-refractivity contribution in [2.45, 2.75) is 95.9 Å². The number of allylic oxidation sites excluding steroid dienone is 1. The molecular formula is C37H50N6O4. The van der Waals surface area contributed by atoms with E-state index in [1.807, 2.05) is 36.4 Å². The number of hydrogen-bond acceptors (Lipinski definition) is 6. The number of benzene rings is 1. The van der Waals surface area contributed by atoms with Crippen LogP contribution in [0.4, 0.5) is 0 Å². The Bertz CT molecular complexity index is 1390. The second-order valence-electron chi connectivity index (χ2n) is 13.1. The number of carbonyl (C=O) groups is 3. The number of nitrogens with one attached hydrogen (secondary N) is 4. The molecule has 5 N–H and O–H groups in total. The van der Waals surface area contributed by atoms with Crippen LogP contribution < -0.4 is 16.0 Å². The maximum absolute atomic E-state index is 14.1. The van der Waals surface area contributed by atoms with Crippen LogP contribution in [0.3, 0.4) is 0 Å². The van der Waals surface area contributed by atoms with Gasteiger partial charge in [0.15, 0.2) is 0 Å². The molecule has 10 nitrogen and oxygen atoms in total. The van der Waals surface area contributed by atoms with Gasteiger partial charge in [0, 0.05) is 25.2 Å². The summed E-state index contributed by atoms with van der Waals surface area (Å²) in [5.41, 5.74) is 1.63. The zero-order valence-electron chi connectivity index (χ0n) is 27.6. The molecule has 47 heavy (non-hydrogen) atoms. The number of aromatic amines is 1. The first-order valence-corrected chi connectivity index (χ1v) is 16.9. The highest BCUT2D eigenvalue weighted by atomic mass is 16.3. The molecule has 0 saturated heterocycles. The highest BCUT2D eigenvalue weighted by molar-refractivity contribution is 5.97. The second kappa shape index (κ2) is 18.1. The molecule has 0 radical (unpaired) electrons. The predicted molar refractivity (Wildman–Crippen MR) is 182 cm³/mol.